The van der Waals surface area contributed by atoms with Gasteiger partial charge in [0.05, 0.1) is 17.8 Å². The van der Waals surface area contributed by atoms with Crippen LogP contribution in [-0.4, -0.2) is 23.0 Å². The van der Waals surface area contributed by atoms with Crippen LogP contribution in [0.4, 0.5) is 9.52 Å². The number of pyridine rings is 1. The summed E-state index contributed by atoms with van der Waals surface area (Å²) in [5, 5.41) is 5.29. The third-order valence-electron chi connectivity index (χ3n) is 4.53. The average molecular weight is 470 g/mol. The van der Waals surface area contributed by atoms with Gasteiger partial charge < -0.3 is 9.47 Å². The second-order valence-electron chi connectivity index (χ2n) is 6.73. The molecule has 0 bridgehead atoms. The van der Waals surface area contributed by atoms with Gasteiger partial charge in [-0.3, -0.25) is 10.1 Å². The SMILES string of the molecule is COc1ccc(Oc2cc(C)c(-c3csc(NC(=O)c4ccnc(F)c4)n3)c(Cl)c2)cc1. The third-order valence-corrected chi connectivity index (χ3v) is 5.58. The Balaban J connectivity index is 1.52. The normalized spacial score (nSPS) is 10.6. The maximum atomic E-state index is 13.3. The number of hydrogen-bond acceptors (Lipinski definition) is 6. The summed E-state index contributed by atoms with van der Waals surface area (Å²) < 4.78 is 24.3. The van der Waals surface area contributed by atoms with E-state index >= 15 is 0 Å². The molecule has 0 radical (unpaired) electrons. The summed E-state index contributed by atoms with van der Waals surface area (Å²) in [5.41, 5.74) is 2.37. The molecule has 0 aliphatic carbocycles. The molecule has 0 saturated carbocycles. The number of nitrogens with one attached hydrogen (secondary N) is 1. The van der Waals surface area contributed by atoms with E-state index < -0.39 is 11.9 Å². The fourth-order valence-electron chi connectivity index (χ4n) is 3.03. The van der Waals surface area contributed by atoms with Gasteiger partial charge in [0.1, 0.15) is 17.2 Å². The minimum absolute atomic E-state index is 0.156. The van der Waals surface area contributed by atoms with E-state index in [2.05, 4.69) is 15.3 Å². The van der Waals surface area contributed by atoms with Crippen LogP contribution in [0.1, 0.15) is 15.9 Å². The number of hydrogen-bond donors (Lipinski definition) is 1. The quantitative estimate of drug-likeness (QED) is 0.333. The molecular formula is C23H17ClFN3O3S. The van der Waals surface area contributed by atoms with Gasteiger partial charge in [0.15, 0.2) is 5.13 Å². The van der Waals surface area contributed by atoms with Crippen LogP contribution in [-0.2, 0) is 0 Å². The number of aryl methyl sites for hydroxylation is 1. The Labute approximate surface area is 192 Å². The minimum atomic E-state index is -0.725. The molecule has 0 saturated heterocycles. The molecule has 0 unspecified atom stereocenters. The Morgan fingerprint density at radius 3 is 2.53 bits per heavy atom. The Morgan fingerprint density at radius 2 is 1.84 bits per heavy atom. The summed E-state index contributed by atoms with van der Waals surface area (Å²) in [6, 6.07) is 13.3. The molecule has 2 aromatic heterocycles. The van der Waals surface area contributed by atoms with E-state index in [0.29, 0.717) is 27.3 Å². The van der Waals surface area contributed by atoms with Crippen LogP contribution in [0, 0.1) is 12.9 Å². The maximum absolute atomic E-state index is 13.3. The number of benzene rings is 2. The van der Waals surface area contributed by atoms with Crippen molar-refractivity contribution < 1.29 is 18.7 Å². The Bertz CT molecular complexity index is 1250. The number of carbonyl (C=O) groups is 1. The molecule has 2 aromatic carbocycles. The molecule has 0 fully saturated rings. The van der Waals surface area contributed by atoms with Gasteiger partial charge in [-0.1, -0.05) is 11.6 Å². The van der Waals surface area contributed by atoms with Crippen molar-refractivity contribution in [1.29, 1.82) is 0 Å². The van der Waals surface area contributed by atoms with Gasteiger partial charge in [0.25, 0.3) is 5.91 Å². The Morgan fingerprint density at radius 1 is 1.09 bits per heavy atom. The molecule has 6 nitrogen and oxygen atoms in total. The number of rotatable bonds is 6. The number of amides is 1. The van der Waals surface area contributed by atoms with Crippen LogP contribution in [0.3, 0.4) is 0 Å². The highest BCUT2D eigenvalue weighted by atomic mass is 35.5. The number of thiazole rings is 1. The minimum Gasteiger partial charge on any atom is -0.497 e. The highest BCUT2D eigenvalue weighted by Gasteiger charge is 2.16. The van der Waals surface area contributed by atoms with E-state index in [1.54, 1.807) is 30.7 Å². The van der Waals surface area contributed by atoms with Gasteiger partial charge in [-0.15, -0.1) is 11.3 Å². The van der Waals surface area contributed by atoms with Gasteiger partial charge in [-0.05, 0) is 48.9 Å². The molecule has 2 heterocycles. The highest BCUT2D eigenvalue weighted by Crippen LogP contribution is 2.37. The fraction of sp³-hybridized carbons (Fsp3) is 0.0870. The number of ether oxygens (including phenoxy) is 2. The Hall–Kier alpha value is -3.49. The van der Waals surface area contributed by atoms with Crippen LogP contribution < -0.4 is 14.8 Å². The number of nitrogens with zero attached hydrogens (tertiary/aromatic N) is 2. The van der Waals surface area contributed by atoms with Crippen LogP contribution >= 0.6 is 22.9 Å². The number of carbonyl (C=O) groups excluding carboxylic acids is 1. The van der Waals surface area contributed by atoms with Crippen molar-refractivity contribution in [3.63, 3.8) is 0 Å². The standard InChI is InChI=1S/C23H17ClFN3O3S/c1-13-9-17(31-16-5-3-15(30-2)4-6-16)11-18(24)21(13)19-12-32-23(27-19)28-22(29)14-7-8-26-20(25)10-14/h3-12H,1-2H3,(H,27,28,29). The molecule has 0 spiro atoms. The maximum Gasteiger partial charge on any atom is 0.257 e. The third kappa shape index (κ3) is 4.87. The van der Waals surface area contributed by atoms with Crippen LogP contribution in [0.15, 0.2) is 60.1 Å². The van der Waals surface area contributed by atoms with Crippen molar-refractivity contribution in [2.75, 3.05) is 12.4 Å². The van der Waals surface area contributed by atoms with Crippen molar-refractivity contribution in [3.8, 4) is 28.5 Å². The lowest BCUT2D eigenvalue weighted by Gasteiger charge is -2.11. The number of anilines is 1. The second kappa shape index (κ2) is 9.33. The summed E-state index contributed by atoms with van der Waals surface area (Å²) >= 11 is 7.79. The zero-order chi connectivity index (χ0) is 22.7. The summed E-state index contributed by atoms with van der Waals surface area (Å²) in [6.07, 6.45) is 1.23. The lowest BCUT2D eigenvalue weighted by Crippen LogP contribution is -2.12. The van der Waals surface area contributed by atoms with E-state index in [9.17, 15) is 9.18 Å². The highest BCUT2D eigenvalue weighted by molar-refractivity contribution is 7.14. The lowest BCUT2D eigenvalue weighted by molar-refractivity contribution is 0.102. The van der Waals surface area contributed by atoms with Crippen LogP contribution in [0.25, 0.3) is 11.3 Å². The summed E-state index contributed by atoms with van der Waals surface area (Å²) in [5.74, 6) is 0.780. The van der Waals surface area contributed by atoms with Crippen molar-refractivity contribution in [1.82, 2.24) is 9.97 Å². The van der Waals surface area contributed by atoms with Crippen molar-refractivity contribution in [2.24, 2.45) is 0 Å². The Kier molecular flexibility index (Phi) is 6.34. The first kappa shape index (κ1) is 21.7. The van der Waals surface area contributed by atoms with Gasteiger partial charge in [-0.25, -0.2) is 9.97 Å². The molecule has 0 atom stereocenters. The molecule has 4 rings (SSSR count). The van der Waals surface area contributed by atoms with Crippen LogP contribution in [0.2, 0.25) is 5.02 Å². The van der Waals surface area contributed by atoms with Crippen molar-refractivity contribution in [3.05, 3.63) is 82.2 Å². The molecule has 1 amide bonds. The topological polar surface area (TPSA) is 73.3 Å². The predicted molar refractivity (Wildman–Crippen MR) is 123 cm³/mol. The predicted octanol–water partition coefficient (Wildman–Crippen LogP) is 6.36. The molecule has 9 heteroatoms. The number of aromatic nitrogens is 2. The van der Waals surface area contributed by atoms with Crippen LogP contribution in [0.5, 0.6) is 17.2 Å². The monoisotopic (exact) mass is 469 g/mol. The van der Waals surface area contributed by atoms with Gasteiger partial charge in [0, 0.05) is 34.8 Å². The smallest absolute Gasteiger partial charge is 0.257 e. The van der Waals surface area contributed by atoms with Gasteiger partial charge >= 0.3 is 0 Å². The van der Waals surface area contributed by atoms with Gasteiger partial charge in [-0.2, -0.15) is 4.39 Å². The van der Waals surface area contributed by atoms with E-state index in [1.165, 1.54) is 23.6 Å². The molecule has 32 heavy (non-hydrogen) atoms. The zero-order valence-electron chi connectivity index (χ0n) is 17.1. The average Bonchev–Trinajstić information content (AvgIpc) is 3.21. The molecule has 162 valence electrons. The van der Waals surface area contributed by atoms with Crippen molar-refractivity contribution in [2.45, 2.75) is 6.92 Å². The van der Waals surface area contributed by atoms with E-state index in [-0.39, 0.29) is 5.56 Å². The second-order valence-corrected chi connectivity index (χ2v) is 8.00. The first-order valence-corrected chi connectivity index (χ1v) is 10.7. The fourth-order valence-corrected chi connectivity index (χ4v) is 4.08. The number of methoxy groups -OCH3 is 1. The lowest BCUT2D eigenvalue weighted by atomic mass is 10.1. The molecule has 1 N–H and O–H groups in total. The summed E-state index contributed by atoms with van der Waals surface area (Å²) in [7, 11) is 1.60. The molecular weight excluding hydrogens is 453 g/mol. The largest absolute Gasteiger partial charge is 0.497 e. The first-order chi connectivity index (χ1) is 15.4. The first-order valence-electron chi connectivity index (χ1n) is 9.44. The van der Waals surface area contributed by atoms with E-state index in [4.69, 9.17) is 21.1 Å². The summed E-state index contributed by atoms with van der Waals surface area (Å²) in [4.78, 5) is 20.2. The molecule has 4 aromatic rings. The number of halogens is 2. The van der Waals surface area contributed by atoms with Gasteiger partial charge in [0.2, 0.25) is 5.95 Å². The molecule has 0 aliphatic rings. The zero-order valence-corrected chi connectivity index (χ0v) is 18.6. The van der Waals surface area contributed by atoms with E-state index in [0.717, 1.165) is 22.9 Å². The van der Waals surface area contributed by atoms with E-state index in [1.807, 2.05) is 25.1 Å². The summed E-state index contributed by atoms with van der Waals surface area (Å²) in [6.45, 7) is 1.90. The van der Waals surface area contributed by atoms with Crippen molar-refractivity contribution >= 4 is 34.0 Å². The molecule has 0 aliphatic heterocycles.